The highest BCUT2D eigenvalue weighted by molar-refractivity contribution is 6.80. The topological polar surface area (TPSA) is 20.2 Å². The highest BCUT2D eigenvalue weighted by Crippen LogP contribution is 2.70. The van der Waals surface area contributed by atoms with Gasteiger partial charge in [0.15, 0.2) is 21.7 Å². The number of alkyl halides is 16. The molecule has 25 heavy (non-hydrogen) atoms. The van der Waals surface area contributed by atoms with Crippen LogP contribution in [0.1, 0.15) is 0 Å². The van der Waals surface area contributed by atoms with Crippen LogP contribution < -0.4 is 0 Å². The van der Waals surface area contributed by atoms with Gasteiger partial charge in [0.25, 0.3) is 4.52 Å². The average Bonchev–Trinajstić information content (AvgIpc) is 2.35. The third-order valence-corrected chi connectivity index (χ3v) is 13.3. The second kappa shape index (κ2) is 8.86. The fraction of sp³-hybridized carbons (Fsp3) is 1.00. The van der Waals surface area contributed by atoms with E-state index in [4.69, 9.17) is 186 Å². The monoisotopic (exact) mass is 674 g/mol. The van der Waals surface area contributed by atoms with Gasteiger partial charge in [-0.05, 0) is 0 Å². The molecule has 0 heterocycles. The number of aliphatic hydroxyl groups is 1. The molecular formula is C8H2Cl16O. The van der Waals surface area contributed by atoms with E-state index in [1.165, 1.54) is 0 Å². The molecule has 0 rings (SSSR count). The molecule has 0 atom stereocenters. The number of hydrogen-bond acceptors (Lipinski definition) is 1. The summed E-state index contributed by atoms with van der Waals surface area (Å²) < 4.78 is -20.1. The molecule has 0 fully saturated rings. The van der Waals surface area contributed by atoms with Gasteiger partial charge in [-0.1, -0.05) is 162 Å². The smallest absolute Gasteiger partial charge is 0.251 e. The predicted octanol–water partition coefficient (Wildman–Crippen LogP) is 8.96. The van der Waals surface area contributed by atoms with Crippen LogP contribution in [0, 0.1) is 0 Å². The molecule has 0 aliphatic rings. The Labute approximate surface area is 223 Å². The van der Waals surface area contributed by atoms with Crippen LogP contribution in [0.4, 0.5) is 0 Å². The van der Waals surface area contributed by atoms with E-state index >= 15 is 0 Å². The fourth-order valence-electron chi connectivity index (χ4n) is 1.13. The van der Waals surface area contributed by atoms with Crippen molar-refractivity contribution in [2.45, 2.75) is 35.4 Å². The first kappa shape index (κ1) is 29.6. The second-order valence-electron chi connectivity index (χ2n) is 4.34. The molecule has 0 unspecified atom stereocenters. The molecule has 0 aromatic rings. The van der Waals surface area contributed by atoms with E-state index in [0.717, 1.165) is 0 Å². The largest absolute Gasteiger partial charge is 0.360 e. The summed E-state index contributed by atoms with van der Waals surface area (Å²) in [5, 5.41) is 9.70. The third kappa shape index (κ3) is 4.85. The van der Waals surface area contributed by atoms with Crippen LogP contribution in [-0.4, -0.2) is 40.5 Å². The summed E-state index contributed by atoms with van der Waals surface area (Å²) in [7, 11) is 0. The summed E-state index contributed by atoms with van der Waals surface area (Å²) in [6.45, 7) is 0. The molecule has 0 bridgehead atoms. The molecule has 152 valence electrons. The van der Waals surface area contributed by atoms with E-state index in [-0.39, 0.29) is 0 Å². The fourth-order valence-corrected chi connectivity index (χ4v) is 5.70. The maximum Gasteiger partial charge on any atom is 0.251 e. The molecule has 0 aromatic carbocycles. The van der Waals surface area contributed by atoms with Crippen molar-refractivity contribution >= 4 is 186 Å². The molecule has 1 nitrogen and oxygen atoms in total. The van der Waals surface area contributed by atoms with Crippen molar-refractivity contribution in [2.75, 3.05) is 0 Å². The Morgan fingerprint density at radius 2 is 0.680 bits per heavy atom. The highest BCUT2D eigenvalue weighted by atomic mass is 35.6. The minimum Gasteiger partial charge on any atom is -0.360 e. The Kier molecular flexibility index (Phi) is 10.5. The standard InChI is InChI=1S/C8H2Cl16O/c9-1(10)2(11,12)3(13,14)4(15,16)5(17,18)6(19,20)7(21,22)8(23,24)25/h1,25H. The summed E-state index contributed by atoms with van der Waals surface area (Å²) in [5.41, 5.74) is 0. The molecule has 17 heteroatoms. The van der Waals surface area contributed by atoms with Crippen LogP contribution >= 0.6 is 186 Å². The molecule has 0 aliphatic carbocycles. The summed E-state index contributed by atoms with van der Waals surface area (Å²) in [6.07, 6.45) is 0. The Morgan fingerprint density at radius 1 is 0.440 bits per heavy atom. The maximum absolute atomic E-state index is 9.70. The Balaban J connectivity index is 6.50. The van der Waals surface area contributed by atoms with Gasteiger partial charge >= 0.3 is 0 Å². The lowest BCUT2D eigenvalue weighted by Gasteiger charge is -2.52. The van der Waals surface area contributed by atoms with Crippen LogP contribution in [0.3, 0.4) is 0 Å². The molecule has 0 aromatic heterocycles. The van der Waals surface area contributed by atoms with Gasteiger partial charge in [0.05, 0.1) is 0 Å². The molecule has 0 aliphatic heterocycles. The molecule has 1 N–H and O–H groups in total. The first-order valence-corrected chi connectivity index (χ1v) is 11.3. The zero-order chi connectivity index (χ0) is 21.1. The third-order valence-electron chi connectivity index (χ3n) is 2.65. The Bertz CT molecular complexity index is 487. The van der Waals surface area contributed by atoms with Crippen molar-refractivity contribution in [1.29, 1.82) is 0 Å². The van der Waals surface area contributed by atoms with E-state index in [9.17, 15) is 5.11 Å². The first-order valence-electron chi connectivity index (χ1n) is 5.09. The van der Waals surface area contributed by atoms with Crippen molar-refractivity contribution in [3.63, 3.8) is 0 Å². The lowest BCUT2D eigenvalue weighted by atomic mass is 10.0. The number of halogens is 16. The quantitative estimate of drug-likeness (QED) is 0.266. The van der Waals surface area contributed by atoms with E-state index in [2.05, 4.69) is 0 Å². The molecule has 0 amide bonds. The first-order chi connectivity index (χ1) is 10.4. The van der Waals surface area contributed by atoms with Gasteiger partial charge in [-0.3, -0.25) is 0 Å². The second-order valence-corrected chi connectivity index (χ2v) is 14.7. The normalized spacial score (nSPS) is 16.6. The Hall–Kier alpha value is 4.60. The van der Waals surface area contributed by atoms with Crippen molar-refractivity contribution in [1.82, 2.24) is 0 Å². The summed E-state index contributed by atoms with van der Waals surface area (Å²) in [4.78, 5) is -1.68. The minimum absolute atomic E-state index is 1.68. The average molecular weight is 681 g/mol. The molecule has 0 radical (unpaired) electrons. The van der Waals surface area contributed by atoms with Crippen molar-refractivity contribution in [2.24, 2.45) is 0 Å². The number of rotatable bonds is 7. The van der Waals surface area contributed by atoms with Gasteiger partial charge in [-0.2, -0.15) is 0 Å². The van der Waals surface area contributed by atoms with Gasteiger partial charge in [0, 0.05) is 0 Å². The maximum atomic E-state index is 9.70. The molecule has 0 saturated carbocycles. The molecule has 0 saturated heterocycles. The van der Waals surface area contributed by atoms with E-state index in [1.807, 2.05) is 0 Å². The highest BCUT2D eigenvalue weighted by Gasteiger charge is 2.79. The van der Waals surface area contributed by atoms with Gasteiger partial charge in [0.1, 0.15) is 4.84 Å². The van der Waals surface area contributed by atoms with Crippen LogP contribution in [0.2, 0.25) is 0 Å². The van der Waals surface area contributed by atoms with Crippen LogP contribution in [0.15, 0.2) is 0 Å². The molecule has 0 spiro atoms. The summed E-state index contributed by atoms with van der Waals surface area (Å²) in [6, 6.07) is 0. The van der Waals surface area contributed by atoms with E-state index < -0.39 is 35.4 Å². The van der Waals surface area contributed by atoms with Gasteiger partial charge in [-0.15, -0.1) is 23.2 Å². The van der Waals surface area contributed by atoms with Crippen molar-refractivity contribution in [3.05, 3.63) is 0 Å². The van der Waals surface area contributed by atoms with Crippen molar-refractivity contribution < 1.29 is 5.11 Å². The zero-order valence-corrected chi connectivity index (χ0v) is 22.7. The van der Waals surface area contributed by atoms with Crippen molar-refractivity contribution in [3.8, 4) is 0 Å². The van der Waals surface area contributed by atoms with Gasteiger partial charge in [-0.25, -0.2) is 0 Å². The van der Waals surface area contributed by atoms with Crippen LogP contribution in [0.25, 0.3) is 0 Å². The summed E-state index contributed by atoms with van der Waals surface area (Å²) >= 11 is 94.0. The van der Waals surface area contributed by atoms with Gasteiger partial charge in [0.2, 0.25) is 4.33 Å². The minimum atomic E-state index is -3.03. The van der Waals surface area contributed by atoms with E-state index in [0.29, 0.717) is 0 Å². The van der Waals surface area contributed by atoms with Crippen LogP contribution in [-0.2, 0) is 0 Å². The van der Waals surface area contributed by atoms with E-state index in [1.54, 1.807) is 0 Å². The SMILES string of the molecule is OC(Cl)(Cl)C(Cl)(Cl)C(Cl)(Cl)C(Cl)(Cl)C(Cl)(Cl)C(Cl)(Cl)C(Cl)(Cl)C(Cl)Cl. The zero-order valence-electron chi connectivity index (χ0n) is 10.6. The Morgan fingerprint density at radius 3 is 0.920 bits per heavy atom. The lowest BCUT2D eigenvalue weighted by molar-refractivity contribution is 0.182. The number of hydrogen-bond donors (Lipinski definition) is 1. The molecular weight excluding hydrogens is 679 g/mol. The van der Waals surface area contributed by atoms with Gasteiger partial charge < -0.3 is 5.11 Å². The van der Waals surface area contributed by atoms with Crippen LogP contribution in [0.5, 0.6) is 0 Å². The summed E-state index contributed by atoms with van der Waals surface area (Å²) in [5.74, 6) is 0. The lowest BCUT2D eigenvalue weighted by Crippen LogP contribution is -2.69. The predicted molar refractivity (Wildman–Crippen MR) is 119 cm³/mol.